The summed E-state index contributed by atoms with van der Waals surface area (Å²) in [5, 5.41) is 11.0. The fourth-order valence-corrected chi connectivity index (χ4v) is 0.669. The van der Waals surface area contributed by atoms with Crippen LogP contribution in [0.4, 0.5) is 0 Å². The topological polar surface area (TPSA) is 43.6 Å². The van der Waals surface area contributed by atoms with E-state index in [0.717, 1.165) is 18.8 Å². The molecule has 0 spiro atoms. The molecule has 0 aliphatic rings. The van der Waals surface area contributed by atoms with Crippen LogP contribution in [-0.2, 0) is 6.54 Å². The van der Waals surface area contributed by atoms with Crippen molar-refractivity contribution in [2.24, 2.45) is 0 Å². The van der Waals surface area contributed by atoms with Gasteiger partial charge in [-0.05, 0) is 23.8 Å². The number of tetrazole rings is 1. The normalized spacial score (nSPS) is 9.70. The van der Waals surface area contributed by atoms with Crippen LogP contribution in [0, 0.1) is 6.92 Å². The van der Waals surface area contributed by atoms with E-state index < -0.39 is 0 Å². The summed E-state index contributed by atoms with van der Waals surface area (Å²) in [5.74, 6) is 0.849. The molecule has 1 aromatic heterocycles. The first kappa shape index (κ1) is 6.92. The van der Waals surface area contributed by atoms with Crippen molar-refractivity contribution < 1.29 is 0 Å². The van der Waals surface area contributed by atoms with Gasteiger partial charge in [-0.15, -0.1) is 11.7 Å². The first-order chi connectivity index (χ1) is 4.84. The van der Waals surface area contributed by atoms with Gasteiger partial charge in [-0.1, -0.05) is 6.08 Å². The molecule has 1 heterocycles. The van der Waals surface area contributed by atoms with Gasteiger partial charge in [0.1, 0.15) is 5.82 Å². The maximum atomic E-state index is 3.76. The molecule has 0 aliphatic heterocycles. The molecule has 0 unspecified atom stereocenters. The molecule has 4 heteroatoms. The summed E-state index contributed by atoms with van der Waals surface area (Å²) in [6, 6.07) is 0. The summed E-state index contributed by atoms with van der Waals surface area (Å²) in [6.45, 7) is 6.31. The van der Waals surface area contributed by atoms with Gasteiger partial charge in [0.25, 0.3) is 0 Å². The number of aromatic nitrogens is 4. The van der Waals surface area contributed by atoms with E-state index in [2.05, 4.69) is 22.1 Å². The Balaban J connectivity index is 2.56. The second-order valence-corrected chi connectivity index (χ2v) is 2.03. The third kappa shape index (κ3) is 1.40. The Labute approximate surface area is 59.5 Å². The molecule has 0 aliphatic carbocycles. The fourth-order valence-electron chi connectivity index (χ4n) is 0.669. The molecule has 0 amide bonds. The number of aryl methyl sites for hydroxylation is 2. The van der Waals surface area contributed by atoms with Crippen molar-refractivity contribution in [3.63, 3.8) is 0 Å². The number of hydrogen-bond donors (Lipinski definition) is 0. The lowest BCUT2D eigenvalue weighted by Gasteiger charge is -1.95. The van der Waals surface area contributed by atoms with Crippen LogP contribution in [0.5, 0.6) is 0 Å². The standard InChI is InChI=1S/C6H10N4/c1-3-4-5-10-6(2)7-8-9-10/h3H,1,4-5H2,2H3. The van der Waals surface area contributed by atoms with Crippen molar-refractivity contribution in [2.45, 2.75) is 19.9 Å². The molecule has 0 saturated carbocycles. The van der Waals surface area contributed by atoms with Gasteiger partial charge in [0.2, 0.25) is 0 Å². The molecule has 0 N–H and O–H groups in total. The van der Waals surface area contributed by atoms with Gasteiger partial charge in [0.05, 0.1) is 0 Å². The fraction of sp³-hybridized carbons (Fsp3) is 0.500. The van der Waals surface area contributed by atoms with Crippen LogP contribution in [0.1, 0.15) is 12.2 Å². The van der Waals surface area contributed by atoms with Crippen LogP contribution < -0.4 is 0 Å². The smallest absolute Gasteiger partial charge is 0.148 e. The molecule has 4 nitrogen and oxygen atoms in total. The molecule has 0 saturated heterocycles. The zero-order valence-electron chi connectivity index (χ0n) is 5.99. The highest BCUT2D eigenvalue weighted by atomic mass is 15.5. The third-order valence-corrected chi connectivity index (χ3v) is 1.26. The molecule has 1 rings (SSSR count). The lowest BCUT2D eigenvalue weighted by atomic mass is 10.4. The molecule has 1 aromatic rings. The molecular weight excluding hydrogens is 128 g/mol. The zero-order valence-corrected chi connectivity index (χ0v) is 5.99. The highest BCUT2D eigenvalue weighted by Crippen LogP contribution is 1.91. The maximum Gasteiger partial charge on any atom is 0.148 e. The van der Waals surface area contributed by atoms with Crippen molar-refractivity contribution in [3.8, 4) is 0 Å². The predicted molar refractivity (Wildman–Crippen MR) is 37.4 cm³/mol. The van der Waals surface area contributed by atoms with Gasteiger partial charge >= 0.3 is 0 Å². The number of nitrogens with zero attached hydrogens (tertiary/aromatic N) is 4. The van der Waals surface area contributed by atoms with Crippen LogP contribution >= 0.6 is 0 Å². The van der Waals surface area contributed by atoms with E-state index >= 15 is 0 Å². The van der Waals surface area contributed by atoms with E-state index in [0.29, 0.717) is 0 Å². The summed E-state index contributed by atoms with van der Waals surface area (Å²) >= 11 is 0. The van der Waals surface area contributed by atoms with E-state index in [1.54, 1.807) is 4.68 Å². The Morgan fingerprint density at radius 2 is 2.50 bits per heavy atom. The van der Waals surface area contributed by atoms with Crippen molar-refractivity contribution in [1.29, 1.82) is 0 Å². The second-order valence-electron chi connectivity index (χ2n) is 2.03. The highest BCUT2D eigenvalue weighted by Gasteiger charge is 1.95. The number of hydrogen-bond acceptors (Lipinski definition) is 3. The minimum atomic E-state index is 0.822. The summed E-state index contributed by atoms with van der Waals surface area (Å²) in [5.41, 5.74) is 0. The second kappa shape index (κ2) is 3.10. The first-order valence-corrected chi connectivity index (χ1v) is 3.18. The largest absolute Gasteiger partial charge is 0.230 e. The summed E-state index contributed by atoms with van der Waals surface area (Å²) in [7, 11) is 0. The first-order valence-electron chi connectivity index (χ1n) is 3.18. The summed E-state index contributed by atoms with van der Waals surface area (Å²) in [4.78, 5) is 0. The Morgan fingerprint density at radius 1 is 1.70 bits per heavy atom. The zero-order chi connectivity index (χ0) is 7.40. The van der Waals surface area contributed by atoms with Crippen LogP contribution in [0.2, 0.25) is 0 Å². The molecular formula is C6H10N4. The summed E-state index contributed by atoms with van der Waals surface area (Å²) in [6.07, 6.45) is 2.76. The van der Waals surface area contributed by atoms with Gasteiger partial charge in [0.15, 0.2) is 0 Å². The van der Waals surface area contributed by atoms with E-state index in [9.17, 15) is 0 Å². The minimum Gasteiger partial charge on any atom is -0.230 e. The van der Waals surface area contributed by atoms with Crippen molar-refractivity contribution in [1.82, 2.24) is 20.2 Å². The third-order valence-electron chi connectivity index (χ3n) is 1.26. The van der Waals surface area contributed by atoms with Crippen LogP contribution in [0.25, 0.3) is 0 Å². The quantitative estimate of drug-likeness (QED) is 0.573. The van der Waals surface area contributed by atoms with Crippen molar-refractivity contribution in [2.75, 3.05) is 0 Å². The van der Waals surface area contributed by atoms with Gasteiger partial charge in [-0.3, -0.25) is 0 Å². The Morgan fingerprint density at radius 3 is 3.00 bits per heavy atom. The number of allylic oxidation sites excluding steroid dienone is 1. The van der Waals surface area contributed by atoms with Crippen LogP contribution in [0.3, 0.4) is 0 Å². The molecule has 0 atom stereocenters. The molecule has 0 aromatic carbocycles. The van der Waals surface area contributed by atoms with Gasteiger partial charge in [0, 0.05) is 6.54 Å². The Hall–Kier alpha value is -1.19. The maximum absolute atomic E-state index is 3.76. The molecule has 0 fully saturated rings. The average molecular weight is 138 g/mol. The van der Waals surface area contributed by atoms with Gasteiger partial charge in [-0.2, -0.15) is 0 Å². The van der Waals surface area contributed by atoms with Gasteiger partial charge < -0.3 is 0 Å². The van der Waals surface area contributed by atoms with E-state index in [1.165, 1.54) is 0 Å². The minimum absolute atomic E-state index is 0.822. The average Bonchev–Trinajstić information content (AvgIpc) is 2.31. The van der Waals surface area contributed by atoms with E-state index in [4.69, 9.17) is 0 Å². The number of rotatable bonds is 3. The van der Waals surface area contributed by atoms with Gasteiger partial charge in [-0.25, -0.2) is 4.68 Å². The molecule has 54 valence electrons. The monoisotopic (exact) mass is 138 g/mol. The Bertz CT molecular complexity index is 215. The lowest BCUT2D eigenvalue weighted by Crippen LogP contribution is -2.01. The highest BCUT2D eigenvalue weighted by molar-refractivity contribution is 4.75. The van der Waals surface area contributed by atoms with Crippen LogP contribution in [-0.4, -0.2) is 20.2 Å². The molecule has 0 radical (unpaired) electrons. The van der Waals surface area contributed by atoms with Crippen molar-refractivity contribution >= 4 is 0 Å². The Kier molecular flexibility index (Phi) is 2.15. The molecule has 0 bridgehead atoms. The lowest BCUT2D eigenvalue weighted by molar-refractivity contribution is 0.583. The predicted octanol–water partition coefficient (Wildman–Crippen LogP) is 0.558. The summed E-state index contributed by atoms with van der Waals surface area (Å²) < 4.78 is 1.75. The van der Waals surface area contributed by atoms with Crippen molar-refractivity contribution in [3.05, 3.63) is 18.5 Å². The van der Waals surface area contributed by atoms with E-state index in [-0.39, 0.29) is 0 Å². The SMILES string of the molecule is C=CCCn1nnnc1C. The van der Waals surface area contributed by atoms with Crippen LogP contribution in [0.15, 0.2) is 12.7 Å². The molecule has 10 heavy (non-hydrogen) atoms. The van der Waals surface area contributed by atoms with E-state index in [1.807, 2.05) is 13.0 Å².